The molecular weight excluding hydrogens is 224 g/mol. The normalized spacial score (nSPS) is 12.7. The summed E-state index contributed by atoms with van der Waals surface area (Å²) in [5.41, 5.74) is 7.92. The van der Waals surface area contributed by atoms with Crippen molar-refractivity contribution in [3.8, 4) is 0 Å². The number of rotatable bonds is 3. The van der Waals surface area contributed by atoms with Gasteiger partial charge in [0, 0.05) is 25.6 Å². The Balaban J connectivity index is 2.13. The topological polar surface area (TPSA) is 56.7 Å². The molecule has 0 aromatic carbocycles. The lowest BCUT2D eigenvalue weighted by molar-refractivity contribution is 0.699. The van der Waals surface area contributed by atoms with Crippen LogP contribution < -0.4 is 5.73 Å². The zero-order chi connectivity index (χ0) is 11.5. The van der Waals surface area contributed by atoms with Crippen molar-refractivity contribution in [2.75, 3.05) is 0 Å². The Bertz CT molecular complexity index is 480. The highest BCUT2D eigenvalue weighted by molar-refractivity contribution is 6.31. The first-order chi connectivity index (χ1) is 7.66. The van der Waals surface area contributed by atoms with Gasteiger partial charge in [-0.15, -0.1) is 0 Å². The summed E-state index contributed by atoms with van der Waals surface area (Å²) in [4.78, 5) is 8.16. The van der Waals surface area contributed by atoms with Crippen molar-refractivity contribution in [2.24, 2.45) is 12.8 Å². The number of nitrogens with two attached hydrogens (primary N) is 1. The van der Waals surface area contributed by atoms with Crippen LogP contribution in [0.4, 0.5) is 0 Å². The number of aromatic nitrogens is 3. The fraction of sp³-hybridized carbons (Fsp3) is 0.273. The Morgan fingerprint density at radius 1 is 1.56 bits per heavy atom. The van der Waals surface area contributed by atoms with Crippen molar-refractivity contribution in [1.29, 1.82) is 0 Å². The van der Waals surface area contributed by atoms with Crippen LogP contribution in [0.3, 0.4) is 0 Å². The maximum absolute atomic E-state index is 6.05. The standard InChI is InChI=1S/C11H13ClN4/c1-16-6-11(15-7-16)10(13)4-8-2-3-14-5-9(8)12/h2-3,5-7,10H,4,13H2,1H3. The first-order valence-corrected chi connectivity index (χ1v) is 5.36. The zero-order valence-corrected chi connectivity index (χ0v) is 9.72. The molecule has 1 unspecified atom stereocenters. The predicted octanol–water partition coefficient (Wildman–Crippen LogP) is 1.71. The number of pyridine rings is 1. The van der Waals surface area contributed by atoms with Crippen LogP contribution in [0, 0.1) is 0 Å². The van der Waals surface area contributed by atoms with Crippen LogP contribution in [0.2, 0.25) is 5.02 Å². The summed E-state index contributed by atoms with van der Waals surface area (Å²) >= 11 is 6.02. The van der Waals surface area contributed by atoms with Gasteiger partial charge < -0.3 is 10.3 Å². The van der Waals surface area contributed by atoms with E-state index in [1.165, 1.54) is 0 Å². The first-order valence-electron chi connectivity index (χ1n) is 4.98. The summed E-state index contributed by atoms with van der Waals surface area (Å²) in [6.45, 7) is 0. The minimum absolute atomic E-state index is 0.138. The van der Waals surface area contributed by atoms with Gasteiger partial charge in [0.1, 0.15) is 0 Å². The molecule has 0 saturated carbocycles. The van der Waals surface area contributed by atoms with E-state index in [0.29, 0.717) is 11.4 Å². The van der Waals surface area contributed by atoms with Gasteiger partial charge in [0.2, 0.25) is 0 Å². The van der Waals surface area contributed by atoms with E-state index in [9.17, 15) is 0 Å². The van der Waals surface area contributed by atoms with Gasteiger partial charge in [-0.3, -0.25) is 4.98 Å². The average molecular weight is 237 g/mol. The van der Waals surface area contributed by atoms with Crippen LogP contribution in [0.25, 0.3) is 0 Å². The number of aryl methyl sites for hydroxylation is 1. The van der Waals surface area contributed by atoms with Crippen LogP contribution in [0.5, 0.6) is 0 Å². The fourth-order valence-corrected chi connectivity index (χ4v) is 1.73. The van der Waals surface area contributed by atoms with Crippen LogP contribution in [-0.2, 0) is 13.5 Å². The fourth-order valence-electron chi connectivity index (χ4n) is 1.54. The largest absolute Gasteiger partial charge is 0.340 e. The Morgan fingerprint density at radius 2 is 2.38 bits per heavy atom. The van der Waals surface area contributed by atoms with Crippen molar-refractivity contribution < 1.29 is 0 Å². The Labute approximate surface area is 99.1 Å². The smallest absolute Gasteiger partial charge is 0.0947 e. The molecule has 2 rings (SSSR count). The molecule has 2 heterocycles. The average Bonchev–Trinajstić information content (AvgIpc) is 2.68. The van der Waals surface area contributed by atoms with E-state index in [1.807, 2.05) is 23.9 Å². The predicted molar refractivity (Wildman–Crippen MR) is 63.1 cm³/mol. The molecule has 84 valence electrons. The van der Waals surface area contributed by atoms with E-state index < -0.39 is 0 Å². The summed E-state index contributed by atoms with van der Waals surface area (Å²) in [6.07, 6.45) is 7.66. The third-order valence-corrected chi connectivity index (χ3v) is 2.74. The third-order valence-electron chi connectivity index (χ3n) is 2.40. The Hall–Kier alpha value is -1.39. The summed E-state index contributed by atoms with van der Waals surface area (Å²) in [5, 5.41) is 0.647. The van der Waals surface area contributed by atoms with E-state index in [1.54, 1.807) is 18.7 Å². The maximum atomic E-state index is 6.05. The van der Waals surface area contributed by atoms with E-state index in [-0.39, 0.29) is 6.04 Å². The van der Waals surface area contributed by atoms with Crippen LogP contribution in [0.15, 0.2) is 31.0 Å². The quantitative estimate of drug-likeness (QED) is 0.883. The molecule has 4 nitrogen and oxygen atoms in total. The first kappa shape index (κ1) is 11.1. The molecule has 5 heteroatoms. The Kier molecular flexibility index (Phi) is 3.22. The maximum Gasteiger partial charge on any atom is 0.0947 e. The highest BCUT2D eigenvalue weighted by Crippen LogP contribution is 2.19. The molecule has 0 amide bonds. The van der Waals surface area contributed by atoms with Gasteiger partial charge >= 0.3 is 0 Å². The summed E-state index contributed by atoms with van der Waals surface area (Å²) in [5.74, 6) is 0. The molecular formula is C11H13ClN4. The van der Waals surface area contributed by atoms with E-state index in [4.69, 9.17) is 17.3 Å². The summed E-state index contributed by atoms with van der Waals surface area (Å²) < 4.78 is 1.88. The van der Waals surface area contributed by atoms with Crippen molar-refractivity contribution in [3.05, 3.63) is 47.3 Å². The molecule has 16 heavy (non-hydrogen) atoms. The molecule has 0 saturated heterocycles. The molecule has 0 spiro atoms. The van der Waals surface area contributed by atoms with E-state index >= 15 is 0 Å². The lowest BCUT2D eigenvalue weighted by Crippen LogP contribution is -2.14. The van der Waals surface area contributed by atoms with Crippen LogP contribution in [-0.4, -0.2) is 14.5 Å². The number of hydrogen-bond acceptors (Lipinski definition) is 3. The molecule has 2 N–H and O–H groups in total. The summed E-state index contributed by atoms with van der Waals surface area (Å²) in [7, 11) is 1.92. The lowest BCUT2D eigenvalue weighted by Gasteiger charge is -2.09. The molecule has 0 bridgehead atoms. The zero-order valence-electron chi connectivity index (χ0n) is 8.97. The van der Waals surface area contributed by atoms with Gasteiger partial charge in [-0.25, -0.2) is 4.98 Å². The van der Waals surface area contributed by atoms with Crippen molar-refractivity contribution in [1.82, 2.24) is 14.5 Å². The SMILES string of the molecule is Cn1cnc(C(N)Cc2ccncc2Cl)c1. The lowest BCUT2D eigenvalue weighted by atomic mass is 10.1. The molecule has 0 aliphatic carbocycles. The van der Waals surface area contributed by atoms with Gasteiger partial charge in [-0.1, -0.05) is 11.6 Å². The van der Waals surface area contributed by atoms with Gasteiger partial charge in [0.15, 0.2) is 0 Å². The molecule has 0 aliphatic heterocycles. The van der Waals surface area contributed by atoms with Crippen LogP contribution in [0.1, 0.15) is 17.3 Å². The van der Waals surface area contributed by atoms with Gasteiger partial charge in [0.25, 0.3) is 0 Å². The molecule has 2 aromatic heterocycles. The third kappa shape index (κ3) is 2.40. The molecule has 2 aromatic rings. The van der Waals surface area contributed by atoms with Crippen LogP contribution >= 0.6 is 11.6 Å². The molecule has 0 fully saturated rings. The second kappa shape index (κ2) is 4.63. The van der Waals surface area contributed by atoms with Gasteiger partial charge in [-0.05, 0) is 18.1 Å². The number of imidazole rings is 1. The molecule has 0 aliphatic rings. The van der Waals surface area contributed by atoms with Gasteiger partial charge in [-0.2, -0.15) is 0 Å². The second-order valence-corrected chi connectivity index (χ2v) is 4.15. The molecule has 0 radical (unpaired) electrons. The van der Waals surface area contributed by atoms with E-state index in [0.717, 1.165) is 11.3 Å². The van der Waals surface area contributed by atoms with E-state index in [2.05, 4.69) is 9.97 Å². The second-order valence-electron chi connectivity index (χ2n) is 3.74. The number of hydrogen-bond donors (Lipinski definition) is 1. The number of halogens is 1. The number of nitrogens with zero attached hydrogens (tertiary/aromatic N) is 3. The monoisotopic (exact) mass is 236 g/mol. The van der Waals surface area contributed by atoms with Crippen molar-refractivity contribution in [3.63, 3.8) is 0 Å². The Morgan fingerprint density at radius 3 is 3.00 bits per heavy atom. The highest BCUT2D eigenvalue weighted by Gasteiger charge is 2.11. The minimum Gasteiger partial charge on any atom is -0.340 e. The molecule has 1 atom stereocenters. The van der Waals surface area contributed by atoms with Crippen molar-refractivity contribution in [2.45, 2.75) is 12.5 Å². The highest BCUT2D eigenvalue weighted by atomic mass is 35.5. The van der Waals surface area contributed by atoms with Crippen molar-refractivity contribution >= 4 is 11.6 Å². The minimum atomic E-state index is -0.138. The van der Waals surface area contributed by atoms with Gasteiger partial charge in [0.05, 0.1) is 23.1 Å². The summed E-state index contributed by atoms with van der Waals surface area (Å²) in [6, 6.07) is 1.74.